The number of carbonyl (C=O) groups excluding carboxylic acids is 1. The molecule has 10 heteroatoms. The van der Waals surface area contributed by atoms with Crippen LogP contribution in [0, 0.1) is 0 Å². The van der Waals surface area contributed by atoms with Gasteiger partial charge in [0, 0.05) is 30.4 Å². The molecule has 160 valence electrons. The summed E-state index contributed by atoms with van der Waals surface area (Å²) in [4.78, 5) is 23.0. The van der Waals surface area contributed by atoms with Gasteiger partial charge in [-0.15, -0.1) is 0 Å². The van der Waals surface area contributed by atoms with Gasteiger partial charge in [0.1, 0.15) is 5.82 Å². The van der Waals surface area contributed by atoms with Gasteiger partial charge in [0.2, 0.25) is 0 Å². The summed E-state index contributed by atoms with van der Waals surface area (Å²) in [6.07, 6.45) is 0. The monoisotopic (exact) mass is 431 g/mol. The first-order chi connectivity index (χ1) is 14.3. The number of nitrogens with one attached hydrogen (secondary N) is 2. The second-order valence-electron chi connectivity index (χ2n) is 7.58. The first kappa shape index (κ1) is 20.5. The van der Waals surface area contributed by atoms with E-state index >= 15 is 0 Å². The molecule has 1 aromatic heterocycles. The highest BCUT2D eigenvalue weighted by Crippen LogP contribution is 2.42. The van der Waals surface area contributed by atoms with Gasteiger partial charge >= 0.3 is 6.03 Å². The van der Waals surface area contributed by atoms with Crippen LogP contribution in [0.3, 0.4) is 0 Å². The lowest BCUT2D eigenvalue weighted by molar-refractivity contribution is 0.0984. The van der Waals surface area contributed by atoms with Gasteiger partial charge in [-0.25, -0.2) is 23.2 Å². The summed E-state index contributed by atoms with van der Waals surface area (Å²) >= 11 is 0. The van der Waals surface area contributed by atoms with Crippen molar-refractivity contribution in [3.05, 3.63) is 35.5 Å². The van der Waals surface area contributed by atoms with E-state index in [1.165, 1.54) is 0 Å². The van der Waals surface area contributed by atoms with Crippen molar-refractivity contribution in [1.82, 2.24) is 15.3 Å². The third-order valence-corrected chi connectivity index (χ3v) is 7.54. The molecule has 0 saturated carbocycles. The molecule has 2 aliphatic rings. The third-order valence-electron chi connectivity index (χ3n) is 5.56. The zero-order valence-electron chi connectivity index (χ0n) is 17.2. The molecule has 1 saturated heterocycles. The van der Waals surface area contributed by atoms with Crippen molar-refractivity contribution in [3.63, 3.8) is 0 Å². The molecular weight excluding hydrogens is 406 g/mol. The maximum atomic E-state index is 12.6. The lowest BCUT2D eigenvalue weighted by Crippen LogP contribution is -2.44. The van der Waals surface area contributed by atoms with E-state index in [9.17, 15) is 13.2 Å². The Balaban J connectivity index is 1.77. The molecule has 2 atom stereocenters. The van der Waals surface area contributed by atoms with Crippen LogP contribution in [0.15, 0.2) is 24.3 Å². The largest absolute Gasteiger partial charge is 0.377 e. The molecule has 30 heavy (non-hydrogen) atoms. The molecule has 2 aromatic rings. The van der Waals surface area contributed by atoms with E-state index in [1.54, 1.807) is 26.1 Å². The Hall–Kier alpha value is -2.72. The van der Waals surface area contributed by atoms with E-state index in [1.807, 2.05) is 19.1 Å². The number of hydrogen-bond acceptors (Lipinski definition) is 7. The number of ether oxygens (including phenoxy) is 1. The van der Waals surface area contributed by atoms with Crippen LogP contribution in [-0.4, -0.2) is 57.3 Å². The minimum Gasteiger partial charge on any atom is -0.377 e. The zero-order chi connectivity index (χ0) is 21.5. The number of fused-ring (bicyclic) bond motifs is 1. The topological polar surface area (TPSA) is 114 Å². The van der Waals surface area contributed by atoms with E-state index in [0.29, 0.717) is 48.3 Å². The summed E-state index contributed by atoms with van der Waals surface area (Å²) in [5, 5.41) is 4.57. The summed E-state index contributed by atoms with van der Waals surface area (Å²) in [5.41, 5.74) is 2.65. The molecule has 0 spiro atoms. The smallest absolute Gasteiger partial charge is 0.318 e. The maximum absolute atomic E-state index is 12.6. The number of morpholine rings is 1. The number of hydrogen-bond donors (Lipinski definition) is 2. The normalized spacial score (nSPS) is 22.4. The van der Waals surface area contributed by atoms with Crippen LogP contribution >= 0.6 is 0 Å². The van der Waals surface area contributed by atoms with Crippen molar-refractivity contribution in [2.45, 2.75) is 30.9 Å². The second-order valence-corrected chi connectivity index (χ2v) is 9.90. The summed E-state index contributed by atoms with van der Waals surface area (Å²) in [6, 6.07) is 6.92. The fourth-order valence-corrected chi connectivity index (χ4v) is 5.26. The number of urea groups is 1. The van der Waals surface area contributed by atoms with Crippen LogP contribution in [0.4, 0.5) is 16.3 Å². The van der Waals surface area contributed by atoms with Gasteiger partial charge in [0.05, 0.1) is 36.0 Å². The Labute approximate surface area is 175 Å². The average Bonchev–Trinajstić information content (AvgIpc) is 2.96. The fraction of sp³-hybridized carbons (Fsp3) is 0.450. The van der Waals surface area contributed by atoms with Crippen molar-refractivity contribution < 1.29 is 17.9 Å². The molecule has 4 rings (SSSR count). The molecule has 1 unspecified atom stereocenters. The van der Waals surface area contributed by atoms with Crippen molar-refractivity contribution in [2.75, 3.05) is 37.0 Å². The molecule has 9 nitrogen and oxygen atoms in total. The van der Waals surface area contributed by atoms with E-state index < -0.39 is 15.1 Å². The first-order valence-corrected chi connectivity index (χ1v) is 11.6. The zero-order valence-corrected chi connectivity index (χ0v) is 18.0. The lowest BCUT2D eigenvalue weighted by atomic mass is 10.1. The Morgan fingerprint density at radius 3 is 2.60 bits per heavy atom. The highest BCUT2D eigenvalue weighted by atomic mass is 32.2. The fourth-order valence-electron chi connectivity index (χ4n) is 3.81. The van der Waals surface area contributed by atoms with Gasteiger partial charge in [-0.05, 0) is 38.1 Å². The third kappa shape index (κ3) is 3.72. The molecule has 1 fully saturated rings. The minimum absolute atomic E-state index is 0.0823. The molecule has 0 radical (unpaired) electrons. The molecule has 3 heterocycles. The quantitative estimate of drug-likeness (QED) is 0.765. The van der Waals surface area contributed by atoms with Crippen LogP contribution in [0.5, 0.6) is 0 Å². The molecule has 0 bridgehead atoms. The first-order valence-electron chi connectivity index (χ1n) is 9.86. The van der Waals surface area contributed by atoms with Crippen LogP contribution in [0.2, 0.25) is 0 Å². The second kappa shape index (κ2) is 7.84. The van der Waals surface area contributed by atoms with Gasteiger partial charge in [-0.1, -0.05) is 0 Å². The SMILES string of the molecule is CNC(=O)Nc1ccc(-c2nc3c(c(N4CCOC[C@@H]4C)n2)C(C)S(=O)(=O)C3)cc1. The lowest BCUT2D eigenvalue weighted by Gasteiger charge is -2.35. The Morgan fingerprint density at radius 2 is 1.93 bits per heavy atom. The minimum atomic E-state index is -3.30. The number of aromatic nitrogens is 2. The highest BCUT2D eigenvalue weighted by molar-refractivity contribution is 7.91. The van der Waals surface area contributed by atoms with Gasteiger partial charge in [-0.2, -0.15) is 0 Å². The van der Waals surface area contributed by atoms with Crippen LogP contribution in [-0.2, 0) is 20.3 Å². The molecule has 1 aromatic carbocycles. The van der Waals surface area contributed by atoms with E-state index in [-0.39, 0.29) is 17.8 Å². The number of anilines is 2. The van der Waals surface area contributed by atoms with Crippen LogP contribution < -0.4 is 15.5 Å². The summed E-state index contributed by atoms with van der Waals surface area (Å²) in [5.74, 6) is 1.06. The number of nitrogens with zero attached hydrogens (tertiary/aromatic N) is 3. The molecular formula is C20H25N5O4S. The Kier molecular flexibility index (Phi) is 5.37. The summed E-state index contributed by atoms with van der Waals surface area (Å²) < 4.78 is 30.7. The van der Waals surface area contributed by atoms with Gasteiger partial charge < -0.3 is 20.3 Å². The van der Waals surface area contributed by atoms with E-state index in [2.05, 4.69) is 20.5 Å². The van der Waals surface area contributed by atoms with E-state index in [0.717, 1.165) is 5.56 Å². The molecule has 2 amide bonds. The predicted molar refractivity (Wildman–Crippen MR) is 114 cm³/mol. The van der Waals surface area contributed by atoms with Crippen LogP contribution in [0.25, 0.3) is 11.4 Å². The highest BCUT2D eigenvalue weighted by Gasteiger charge is 2.40. The van der Waals surface area contributed by atoms with Crippen molar-refractivity contribution in [2.24, 2.45) is 0 Å². The Bertz CT molecular complexity index is 1070. The average molecular weight is 432 g/mol. The molecule has 2 aliphatic heterocycles. The number of carbonyl (C=O) groups is 1. The summed E-state index contributed by atoms with van der Waals surface area (Å²) in [7, 11) is -1.75. The number of amides is 2. The van der Waals surface area contributed by atoms with Gasteiger partial charge in [-0.3, -0.25) is 0 Å². The van der Waals surface area contributed by atoms with Gasteiger partial charge in [0.25, 0.3) is 0 Å². The molecule has 2 N–H and O–H groups in total. The summed E-state index contributed by atoms with van der Waals surface area (Å²) in [6.45, 7) is 5.53. The van der Waals surface area contributed by atoms with Crippen LogP contribution in [0.1, 0.15) is 30.4 Å². The number of sulfone groups is 1. The van der Waals surface area contributed by atoms with Crippen molar-refractivity contribution in [1.29, 1.82) is 0 Å². The van der Waals surface area contributed by atoms with Crippen molar-refractivity contribution in [3.8, 4) is 11.4 Å². The van der Waals surface area contributed by atoms with Crippen molar-refractivity contribution >= 4 is 27.4 Å². The predicted octanol–water partition coefficient (Wildman–Crippen LogP) is 2.11. The molecule has 0 aliphatic carbocycles. The van der Waals surface area contributed by atoms with E-state index in [4.69, 9.17) is 9.72 Å². The standard InChI is InChI=1S/C20H25N5O4S/c1-12-10-29-9-8-25(12)19-17-13(2)30(27,28)11-16(17)23-18(24-19)14-4-6-15(7-5-14)22-20(26)21-3/h4-7,12-13H,8-11H2,1-3H3,(H2,21,22,26)/t12-,13?/m0/s1. The number of rotatable bonds is 3. The maximum Gasteiger partial charge on any atom is 0.318 e. The van der Waals surface area contributed by atoms with Gasteiger partial charge in [0.15, 0.2) is 15.7 Å². The Morgan fingerprint density at radius 1 is 1.20 bits per heavy atom. The number of benzene rings is 1.